The first-order valence-electron chi connectivity index (χ1n) is 0.833. The Morgan fingerprint density at radius 2 is 1.00 bits per heavy atom. The monoisotopic (exact) mass is 276 g/mol. The Morgan fingerprint density at radius 1 is 1.00 bits per heavy atom. The van der Waals surface area contributed by atoms with Crippen LogP contribution in [0.1, 0.15) is 0 Å². The van der Waals surface area contributed by atoms with Gasteiger partial charge in [0.15, 0.2) is 0 Å². The summed E-state index contributed by atoms with van der Waals surface area (Å²) in [6, 6.07) is 0. The topological polar surface area (TPSA) is 85.3 Å². The third kappa shape index (κ3) is 861. The van der Waals surface area contributed by atoms with Crippen molar-refractivity contribution in [3.8, 4) is 0 Å². The second-order valence-corrected chi connectivity index (χ2v) is 1.61. The zero-order chi connectivity index (χ0) is 6.28. The van der Waals surface area contributed by atoms with Gasteiger partial charge in [-0.25, -0.2) is 0 Å². The van der Waals surface area contributed by atoms with Crippen molar-refractivity contribution in [3.05, 3.63) is 0 Å². The summed E-state index contributed by atoms with van der Waals surface area (Å²) in [5.41, 5.74) is 0. The maximum absolute atomic E-state index is 8.59. The summed E-state index contributed by atoms with van der Waals surface area (Å²) in [6.45, 7) is 0. The Kier molecular flexibility index (Phi) is 14.3. The van der Waals surface area contributed by atoms with E-state index in [1.807, 2.05) is 0 Å². The summed E-state index contributed by atoms with van der Waals surface area (Å²) in [7, 11) is 0. The summed E-state index contributed by atoms with van der Waals surface area (Å²) < 4.78 is 42.8. The van der Waals surface area contributed by atoms with Gasteiger partial charge in [-0.1, -0.05) is 0 Å². The molecule has 5 nitrogen and oxygen atoms in total. The maximum atomic E-state index is 8.59. The predicted molar refractivity (Wildman–Crippen MR) is 3.43 cm³/mol. The van der Waals surface area contributed by atoms with Gasteiger partial charge in [-0.2, -0.15) is 0 Å². The van der Waals surface area contributed by atoms with E-state index in [1.165, 1.54) is 0 Å². The molecular weight excluding hydrogens is 272 g/mol. The van der Waals surface area contributed by atoms with E-state index in [4.69, 9.17) is 17.0 Å². The van der Waals surface area contributed by atoms with Crippen LogP contribution in [0, 0.1) is 0 Å². The van der Waals surface area contributed by atoms with Crippen LogP contribution < -0.4 is 0 Å². The molecule has 0 saturated carbocycles. The second kappa shape index (κ2) is 9.62. The molecule has 0 amide bonds. The van der Waals surface area contributed by atoms with Crippen LogP contribution in [0.2, 0.25) is 0 Å². The van der Waals surface area contributed by atoms with Gasteiger partial charge in [0.05, 0.1) is 0 Å². The summed E-state index contributed by atoms with van der Waals surface area (Å²) in [4.78, 5) is 0. The zero-order valence-electron chi connectivity index (χ0n) is 2.86. The summed E-state index contributed by atoms with van der Waals surface area (Å²) in [5.74, 6) is 0. The number of rotatable bonds is 0. The van der Waals surface area contributed by atoms with E-state index in [2.05, 4.69) is 0 Å². The third-order valence-corrected chi connectivity index (χ3v) is 0. The molecule has 0 rings (SSSR count). The van der Waals surface area contributed by atoms with Crippen LogP contribution >= 0.6 is 0 Å². The van der Waals surface area contributed by atoms with Crippen molar-refractivity contribution in [1.82, 2.24) is 0 Å². The Morgan fingerprint density at radius 3 is 1.00 bits per heavy atom. The third-order valence-electron chi connectivity index (χ3n) is 0. The molecule has 0 fully saturated rings. The van der Waals surface area contributed by atoms with Crippen molar-refractivity contribution in [2.45, 2.75) is 0 Å². The molecule has 0 atom stereocenters. The first kappa shape index (κ1) is 10.4. The molecular formula is Mo2O5. The van der Waals surface area contributed by atoms with Crippen molar-refractivity contribution in [3.63, 3.8) is 0 Å². The first-order chi connectivity index (χ1) is 3.15. The standard InChI is InChI=1S/2Mo.5O. The molecule has 0 aliphatic heterocycles. The van der Waals surface area contributed by atoms with Gasteiger partial charge in [-0.05, 0) is 0 Å². The van der Waals surface area contributed by atoms with Gasteiger partial charge in [-0.3, -0.25) is 0 Å². The van der Waals surface area contributed by atoms with Gasteiger partial charge in [0, 0.05) is 0 Å². The molecule has 0 radical (unpaired) electrons. The van der Waals surface area contributed by atoms with Gasteiger partial charge >= 0.3 is 52.7 Å². The molecule has 0 aliphatic rings. The minimum absolute atomic E-state index is 2.03. The Hall–Kier alpha value is 0.377. The zero-order valence-corrected chi connectivity index (χ0v) is 6.87. The van der Waals surface area contributed by atoms with Crippen LogP contribution in [0.15, 0.2) is 0 Å². The van der Waals surface area contributed by atoms with Crippen molar-refractivity contribution in [2.24, 2.45) is 0 Å². The Bertz CT molecular complexity index is 133. The second-order valence-electron chi connectivity index (χ2n) is 0.272. The number of hydrogen-bond donors (Lipinski definition) is 0. The molecule has 0 saturated heterocycles. The molecule has 0 aromatic carbocycles. The fraction of sp³-hybridized carbons (Fsp3) is 0. The molecule has 7 heteroatoms. The molecule has 0 aromatic rings. The average molecular weight is 272 g/mol. The van der Waals surface area contributed by atoms with Crippen LogP contribution in [-0.4, -0.2) is 0 Å². The molecule has 0 heterocycles. The van der Waals surface area contributed by atoms with Crippen molar-refractivity contribution in [2.75, 3.05) is 0 Å². The molecule has 0 bridgehead atoms. The van der Waals surface area contributed by atoms with Crippen molar-refractivity contribution >= 4 is 0 Å². The quantitative estimate of drug-likeness (QED) is 0.549. The molecule has 0 unspecified atom stereocenters. The molecule has 7 heavy (non-hydrogen) atoms. The molecule has 0 N–H and O–H groups in total. The fourth-order valence-electron chi connectivity index (χ4n) is 0. The van der Waals surface area contributed by atoms with E-state index in [1.54, 1.807) is 0 Å². The van der Waals surface area contributed by atoms with Crippen molar-refractivity contribution < 1.29 is 52.7 Å². The first-order valence-corrected chi connectivity index (χ1v) is 4.93. The summed E-state index contributed by atoms with van der Waals surface area (Å²) >= 11 is -6.14. The van der Waals surface area contributed by atoms with E-state index in [0.29, 0.717) is 0 Å². The molecule has 42 valence electrons. The summed E-state index contributed by atoms with van der Waals surface area (Å²) in [5, 5.41) is 0. The van der Waals surface area contributed by atoms with Crippen LogP contribution in [0.5, 0.6) is 0 Å². The van der Waals surface area contributed by atoms with Crippen LogP contribution in [-0.2, 0) is 52.7 Å². The van der Waals surface area contributed by atoms with E-state index in [-0.39, 0.29) is 0 Å². The van der Waals surface area contributed by atoms with Crippen LogP contribution in [0.25, 0.3) is 0 Å². The normalized spacial score (nSPS) is 5.14. The number of hydrogen-bond acceptors (Lipinski definition) is 5. The van der Waals surface area contributed by atoms with E-state index < -0.39 is 35.7 Å². The molecule has 0 aromatic heterocycles. The summed E-state index contributed by atoms with van der Waals surface area (Å²) in [6.07, 6.45) is 0. The van der Waals surface area contributed by atoms with Crippen molar-refractivity contribution in [1.29, 1.82) is 0 Å². The van der Waals surface area contributed by atoms with Crippen LogP contribution in [0.3, 0.4) is 0 Å². The Labute approximate surface area is 52.7 Å². The predicted octanol–water partition coefficient (Wildman–Crippen LogP) is -0.599. The fourth-order valence-corrected chi connectivity index (χ4v) is 0. The average Bonchev–Trinajstić information content (AvgIpc) is 1.33. The molecule has 0 aliphatic carbocycles. The molecule has 0 spiro atoms. The van der Waals surface area contributed by atoms with E-state index in [9.17, 15) is 0 Å². The minimum atomic E-state index is -4.11. The van der Waals surface area contributed by atoms with E-state index in [0.717, 1.165) is 0 Å². The van der Waals surface area contributed by atoms with Crippen LogP contribution in [0.4, 0.5) is 0 Å². The van der Waals surface area contributed by atoms with Gasteiger partial charge in [-0.15, -0.1) is 0 Å². The van der Waals surface area contributed by atoms with Gasteiger partial charge in [0.1, 0.15) is 0 Å². The Balaban J connectivity index is 0. The van der Waals surface area contributed by atoms with E-state index >= 15 is 0 Å². The van der Waals surface area contributed by atoms with Gasteiger partial charge in [0.2, 0.25) is 0 Å². The van der Waals surface area contributed by atoms with Gasteiger partial charge < -0.3 is 0 Å². The SMILES string of the molecule is [O]=[Mo](=[O])=[O].[O]=[Mo]=[O]. The van der Waals surface area contributed by atoms with Gasteiger partial charge in [0.25, 0.3) is 0 Å².